The summed E-state index contributed by atoms with van der Waals surface area (Å²) in [6.07, 6.45) is 1.80. The lowest BCUT2D eigenvalue weighted by Crippen LogP contribution is -2.51. The van der Waals surface area contributed by atoms with Crippen LogP contribution in [0, 0.1) is 6.92 Å². The van der Waals surface area contributed by atoms with Crippen molar-refractivity contribution in [1.82, 2.24) is 10.2 Å². The predicted molar refractivity (Wildman–Crippen MR) is 137 cm³/mol. The molecule has 2 aromatic rings. The number of hydrogen-bond donors (Lipinski definition) is 1. The minimum absolute atomic E-state index is 0.140. The summed E-state index contributed by atoms with van der Waals surface area (Å²) in [4.78, 5) is 27.7. The first-order valence-corrected chi connectivity index (χ1v) is 13.6. The second-order valence-corrected chi connectivity index (χ2v) is 10.9. The Hall–Kier alpha value is -2.59. The monoisotopic (exact) mass is 553 g/mol. The Balaban J connectivity index is 2.45. The molecule has 0 aromatic heterocycles. The summed E-state index contributed by atoms with van der Waals surface area (Å²) in [6, 6.07) is 11.7. The zero-order valence-corrected chi connectivity index (χ0v) is 22.6. The summed E-state index contributed by atoms with van der Waals surface area (Å²) in [5, 5.41) is 2.81. The largest absolute Gasteiger partial charge is 0.495 e. The lowest BCUT2D eigenvalue weighted by Gasteiger charge is -2.32. The van der Waals surface area contributed by atoms with Crippen LogP contribution >= 0.6 is 15.9 Å². The van der Waals surface area contributed by atoms with E-state index in [2.05, 4.69) is 21.2 Å². The third kappa shape index (κ3) is 7.46. The fraction of sp³-hybridized carbons (Fsp3) is 0.417. The first-order valence-electron chi connectivity index (χ1n) is 10.9. The lowest BCUT2D eigenvalue weighted by atomic mass is 10.1. The molecule has 1 N–H and O–H groups in total. The molecule has 0 bridgehead atoms. The Bertz CT molecular complexity index is 1120. The Morgan fingerprint density at radius 2 is 1.88 bits per heavy atom. The molecule has 10 heteroatoms. The zero-order valence-electron chi connectivity index (χ0n) is 20.2. The van der Waals surface area contributed by atoms with Gasteiger partial charge in [-0.25, -0.2) is 8.42 Å². The van der Waals surface area contributed by atoms with E-state index in [0.29, 0.717) is 12.3 Å². The Morgan fingerprint density at radius 3 is 2.47 bits per heavy atom. The average molecular weight is 555 g/mol. The van der Waals surface area contributed by atoms with Gasteiger partial charge < -0.3 is 15.0 Å². The van der Waals surface area contributed by atoms with E-state index >= 15 is 0 Å². The number of nitrogens with one attached hydrogen (secondary N) is 1. The van der Waals surface area contributed by atoms with Gasteiger partial charge in [-0.2, -0.15) is 0 Å². The second-order valence-electron chi connectivity index (χ2n) is 8.06. The fourth-order valence-electron chi connectivity index (χ4n) is 3.40. The van der Waals surface area contributed by atoms with Crippen molar-refractivity contribution in [2.75, 3.05) is 30.8 Å². The number of carbonyl (C=O) groups excluding carboxylic acids is 2. The van der Waals surface area contributed by atoms with Gasteiger partial charge in [-0.05, 0) is 55.7 Å². The molecule has 1 atom stereocenters. The van der Waals surface area contributed by atoms with E-state index in [0.717, 1.165) is 32.6 Å². The van der Waals surface area contributed by atoms with E-state index in [1.807, 2.05) is 38.1 Å². The minimum atomic E-state index is -3.84. The van der Waals surface area contributed by atoms with E-state index < -0.39 is 28.5 Å². The van der Waals surface area contributed by atoms with Gasteiger partial charge >= 0.3 is 0 Å². The van der Waals surface area contributed by atoms with Crippen LogP contribution < -0.4 is 14.4 Å². The van der Waals surface area contributed by atoms with E-state index in [9.17, 15) is 18.0 Å². The molecular formula is C24H32BrN3O5S. The van der Waals surface area contributed by atoms with Gasteiger partial charge in [0.2, 0.25) is 21.8 Å². The van der Waals surface area contributed by atoms with Gasteiger partial charge in [0.25, 0.3) is 0 Å². The Morgan fingerprint density at radius 1 is 1.18 bits per heavy atom. The van der Waals surface area contributed by atoms with E-state index in [1.165, 1.54) is 12.0 Å². The van der Waals surface area contributed by atoms with Gasteiger partial charge in [0.1, 0.15) is 18.3 Å². The van der Waals surface area contributed by atoms with Crippen LogP contribution in [0.1, 0.15) is 31.4 Å². The summed E-state index contributed by atoms with van der Waals surface area (Å²) in [5.74, 6) is -0.478. The number of nitrogens with zero attached hydrogens (tertiary/aromatic N) is 2. The van der Waals surface area contributed by atoms with Gasteiger partial charge in [0, 0.05) is 17.6 Å². The number of halogens is 1. The number of benzene rings is 2. The van der Waals surface area contributed by atoms with Crippen molar-refractivity contribution in [1.29, 1.82) is 0 Å². The lowest BCUT2D eigenvalue weighted by molar-refractivity contribution is -0.139. The molecule has 0 saturated carbocycles. The number of ether oxygens (including phenoxy) is 1. The smallest absolute Gasteiger partial charge is 0.244 e. The highest BCUT2D eigenvalue weighted by molar-refractivity contribution is 9.10. The quantitative estimate of drug-likeness (QED) is 0.459. The van der Waals surface area contributed by atoms with E-state index in [1.54, 1.807) is 25.1 Å². The van der Waals surface area contributed by atoms with Crippen molar-refractivity contribution >= 4 is 43.5 Å². The second kappa shape index (κ2) is 12.2. The SMILES string of the molecule is CCCNC(=O)C(C)N(Cc1cccc(Br)c1)C(=O)CN(c1cc(C)ccc1OC)S(C)(=O)=O. The van der Waals surface area contributed by atoms with Crippen LogP contribution in [0.4, 0.5) is 5.69 Å². The van der Waals surface area contributed by atoms with Crippen LogP contribution in [0.5, 0.6) is 5.75 Å². The summed E-state index contributed by atoms with van der Waals surface area (Å²) in [7, 11) is -2.40. The maximum Gasteiger partial charge on any atom is 0.244 e. The molecule has 2 aromatic carbocycles. The third-order valence-electron chi connectivity index (χ3n) is 5.24. The van der Waals surface area contributed by atoms with Gasteiger partial charge in [0.05, 0.1) is 19.1 Å². The molecule has 0 spiro atoms. The highest BCUT2D eigenvalue weighted by Gasteiger charge is 2.31. The normalized spacial score (nSPS) is 12.1. The topological polar surface area (TPSA) is 96.0 Å². The van der Waals surface area contributed by atoms with Gasteiger partial charge in [-0.1, -0.05) is 41.1 Å². The molecule has 1 unspecified atom stereocenters. The van der Waals surface area contributed by atoms with Crippen molar-refractivity contribution in [3.63, 3.8) is 0 Å². The Kier molecular flexibility index (Phi) is 9.93. The van der Waals surface area contributed by atoms with E-state index in [4.69, 9.17) is 4.74 Å². The molecule has 34 heavy (non-hydrogen) atoms. The molecule has 0 saturated heterocycles. The highest BCUT2D eigenvalue weighted by Crippen LogP contribution is 2.31. The molecule has 0 aliphatic carbocycles. The standard InChI is InChI=1S/C24H32BrN3O5S/c1-6-12-26-24(30)18(3)27(15-19-8-7-9-20(25)14-19)23(29)16-28(34(5,31)32)21-13-17(2)10-11-22(21)33-4/h7-11,13-14,18H,6,12,15-16H2,1-5H3,(H,26,30). The van der Waals surface area contributed by atoms with Crippen LogP contribution in [-0.2, 0) is 26.2 Å². The van der Waals surface area contributed by atoms with Gasteiger partial charge in [-0.15, -0.1) is 0 Å². The van der Waals surface area contributed by atoms with Crippen molar-refractivity contribution in [3.8, 4) is 5.75 Å². The minimum Gasteiger partial charge on any atom is -0.495 e. The Labute approximate surface area is 210 Å². The van der Waals surface area contributed by atoms with Crippen LogP contribution in [0.3, 0.4) is 0 Å². The first-order chi connectivity index (χ1) is 16.0. The molecule has 0 fully saturated rings. The van der Waals surface area contributed by atoms with Crippen molar-refractivity contribution < 1.29 is 22.7 Å². The maximum absolute atomic E-state index is 13.6. The summed E-state index contributed by atoms with van der Waals surface area (Å²) in [6.45, 7) is 5.55. The molecule has 0 aliphatic rings. The van der Waals surface area contributed by atoms with Crippen molar-refractivity contribution in [2.45, 2.75) is 39.8 Å². The maximum atomic E-state index is 13.6. The molecule has 2 rings (SSSR count). The van der Waals surface area contributed by atoms with Crippen LogP contribution in [0.2, 0.25) is 0 Å². The number of hydrogen-bond acceptors (Lipinski definition) is 5. The molecule has 8 nitrogen and oxygen atoms in total. The number of amides is 2. The van der Waals surface area contributed by atoms with E-state index in [-0.39, 0.29) is 18.1 Å². The number of carbonyl (C=O) groups is 2. The van der Waals surface area contributed by atoms with Crippen LogP contribution in [0.25, 0.3) is 0 Å². The molecule has 0 heterocycles. The average Bonchev–Trinajstić information content (AvgIpc) is 2.78. The van der Waals surface area contributed by atoms with Gasteiger partial charge in [-0.3, -0.25) is 13.9 Å². The van der Waals surface area contributed by atoms with Crippen LogP contribution in [-0.4, -0.2) is 57.6 Å². The molecule has 186 valence electrons. The van der Waals surface area contributed by atoms with Gasteiger partial charge in [0.15, 0.2) is 0 Å². The third-order valence-corrected chi connectivity index (χ3v) is 6.86. The van der Waals surface area contributed by atoms with Crippen molar-refractivity contribution in [2.24, 2.45) is 0 Å². The zero-order chi connectivity index (χ0) is 25.5. The number of anilines is 1. The number of sulfonamides is 1. The summed E-state index contributed by atoms with van der Waals surface area (Å²) < 4.78 is 32.7. The van der Waals surface area contributed by atoms with Crippen molar-refractivity contribution in [3.05, 3.63) is 58.1 Å². The fourth-order valence-corrected chi connectivity index (χ4v) is 4.69. The summed E-state index contributed by atoms with van der Waals surface area (Å²) in [5.41, 5.74) is 1.89. The molecule has 0 aliphatic heterocycles. The number of aryl methyl sites for hydroxylation is 1. The molecule has 0 radical (unpaired) electrons. The van der Waals surface area contributed by atoms with Crippen LogP contribution in [0.15, 0.2) is 46.9 Å². The highest BCUT2D eigenvalue weighted by atomic mass is 79.9. The predicted octanol–water partition coefficient (Wildman–Crippen LogP) is 3.48. The number of methoxy groups -OCH3 is 1. The molecule has 2 amide bonds. The molecular weight excluding hydrogens is 522 g/mol. The number of rotatable bonds is 11. The first kappa shape index (κ1) is 27.7. The summed E-state index contributed by atoms with van der Waals surface area (Å²) >= 11 is 3.42.